The van der Waals surface area contributed by atoms with Crippen LogP contribution in [0.4, 0.5) is 21.1 Å². The molecule has 2 amide bonds. The second kappa shape index (κ2) is 7.22. The fourth-order valence-electron chi connectivity index (χ4n) is 1.59. The second-order valence-corrected chi connectivity index (χ2v) is 7.42. The topological polar surface area (TPSA) is 112 Å². The predicted molar refractivity (Wildman–Crippen MR) is 90.8 cm³/mol. The van der Waals surface area contributed by atoms with Crippen molar-refractivity contribution < 1.29 is 24.0 Å². The van der Waals surface area contributed by atoms with Gasteiger partial charge in [0.25, 0.3) is 0 Å². The predicted octanol–water partition coefficient (Wildman–Crippen LogP) is 4.32. The molecule has 0 aromatic carbocycles. The van der Waals surface area contributed by atoms with E-state index < -0.39 is 39.8 Å². The summed E-state index contributed by atoms with van der Waals surface area (Å²) in [6.45, 7) is 9.49. The molecule has 1 aromatic heterocycles. The summed E-state index contributed by atoms with van der Waals surface area (Å²) in [6.07, 6.45) is -2.33. The molecule has 1 heterocycles. The van der Waals surface area contributed by atoms with Crippen LogP contribution in [0.2, 0.25) is 5.15 Å². The van der Waals surface area contributed by atoms with Crippen molar-refractivity contribution >= 4 is 35.3 Å². The Balaban J connectivity index is 3.46. The maximum atomic E-state index is 12.5. The van der Waals surface area contributed by atoms with Gasteiger partial charge in [-0.05, 0) is 47.6 Å². The molecule has 10 heteroatoms. The Labute approximate surface area is 150 Å². The van der Waals surface area contributed by atoms with Crippen molar-refractivity contribution in [1.29, 1.82) is 0 Å². The Bertz CT molecular complexity index is 665. The van der Waals surface area contributed by atoms with E-state index in [-0.39, 0.29) is 5.15 Å². The highest BCUT2D eigenvalue weighted by atomic mass is 35.5. The lowest BCUT2D eigenvalue weighted by molar-refractivity contribution is -0.384. The first-order valence-corrected chi connectivity index (χ1v) is 7.66. The third kappa shape index (κ3) is 6.18. The van der Waals surface area contributed by atoms with Crippen molar-refractivity contribution in [3.05, 3.63) is 27.4 Å². The summed E-state index contributed by atoms with van der Waals surface area (Å²) >= 11 is 5.78. The fraction of sp³-hybridized carbons (Fsp3) is 0.533. The van der Waals surface area contributed by atoms with Gasteiger partial charge in [0.05, 0.1) is 4.92 Å². The summed E-state index contributed by atoms with van der Waals surface area (Å²) in [4.78, 5) is 39.5. The molecule has 0 aliphatic rings. The molecule has 138 valence electrons. The number of hydrogen-bond acceptors (Lipinski definition) is 7. The lowest BCUT2D eigenvalue weighted by Crippen LogP contribution is -2.44. The smallest absolute Gasteiger partial charge is 0.426 e. The minimum Gasteiger partial charge on any atom is -0.443 e. The Morgan fingerprint density at radius 2 is 1.52 bits per heavy atom. The molecule has 0 saturated carbocycles. The lowest BCUT2D eigenvalue weighted by atomic mass is 10.2. The molecule has 0 bridgehead atoms. The van der Waals surface area contributed by atoms with Crippen LogP contribution in [0.15, 0.2) is 12.1 Å². The van der Waals surface area contributed by atoms with Crippen molar-refractivity contribution in [2.45, 2.75) is 52.7 Å². The monoisotopic (exact) mass is 373 g/mol. The third-order valence-corrected chi connectivity index (χ3v) is 2.59. The minimum atomic E-state index is -1.17. The number of pyridine rings is 1. The second-order valence-electron chi connectivity index (χ2n) is 7.03. The van der Waals surface area contributed by atoms with Crippen LogP contribution in [-0.2, 0) is 9.47 Å². The number of hydrogen-bond donors (Lipinski definition) is 0. The van der Waals surface area contributed by atoms with Crippen molar-refractivity contribution in [2.75, 3.05) is 4.90 Å². The molecular weight excluding hydrogens is 354 g/mol. The zero-order valence-corrected chi connectivity index (χ0v) is 15.6. The number of carbonyl (C=O) groups is 2. The number of amides is 2. The Kier molecular flexibility index (Phi) is 5.96. The maximum Gasteiger partial charge on any atom is 0.426 e. The van der Waals surface area contributed by atoms with Crippen molar-refractivity contribution in [2.24, 2.45) is 0 Å². The van der Waals surface area contributed by atoms with E-state index in [1.54, 1.807) is 41.5 Å². The molecule has 0 N–H and O–H groups in total. The van der Waals surface area contributed by atoms with Gasteiger partial charge in [0.15, 0.2) is 0 Å². The molecule has 25 heavy (non-hydrogen) atoms. The molecule has 0 aliphatic carbocycles. The summed E-state index contributed by atoms with van der Waals surface area (Å²) < 4.78 is 10.3. The van der Waals surface area contributed by atoms with Crippen molar-refractivity contribution in [3.8, 4) is 0 Å². The molecule has 0 radical (unpaired) electrons. The first-order chi connectivity index (χ1) is 11.2. The van der Waals surface area contributed by atoms with Gasteiger partial charge in [0.2, 0.25) is 5.82 Å². The summed E-state index contributed by atoms with van der Waals surface area (Å²) in [5.41, 5.74) is -2.50. The van der Waals surface area contributed by atoms with Crippen LogP contribution in [-0.4, -0.2) is 33.3 Å². The van der Waals surface area contributed by atoms with Gasteiger partial charge in [-0.15, -0.1) is 0 Å². The normalized spacial score (nSPS) is 11.6. The SMILES string of the molecule is CC(C)(C)OC(=O)N(C(=O)OC(C)(C)C)c1nc(Cl)ccc1[N+](=O)[O-]. The average molecular weight is 374 g/mol. The maximum absolute atomic E-state index is 12.5. The number of nitrogens with zero attached hydrogens (tertiary/aromatic N) is 3. The highest BCUT2D eigenvalue weighted by molar-refractivity contribution is 6.29. The molecular formula is C15H20ClN3O6. The standard InChI is InChI=1S/C15H20ClN3O6/c1-14(2,3)24-12(20)18(13(21)25-15(4,5)6)11-9(19(22)23)7-8-10(16)17-11/h7-8H,1-6H3. The summed E-state index contributed by atoms with van der Waals surface area (Å²) in [7, 11) is 0. The van der Waals surface area contributed by atoms with Gasteiger partial charge in [0.1, 0.15) is 16.4 Å². The van der Waals surface area contributed by atoms with Crippen LogP contribution in [0.25, 0.3) is 0 Å². The first kappa shape index (κ1) is 20.6. The van der Waals surface area contributed by atoms with Gasteiger partial charge in [-0.2, -0.15) is 4.90 Å². The van der Waals surface area contributed by atoms with Gasteiger partial charge in [-0.1, -0.05) is 11.6 Å². The van der Waals surface area contributed by atoms with E-state index in [4.69, 9.17) is 21.1 Å². The highest BCUT2D eigenvalue weighted by Crippen LogP contribution is 2.30. The number of imide groups is 1. The number of anilines is 1. The first-order valence-electron chi connectivity index (χ1n) is 7.28. The zero-order chi connectivity index (χ0) is 19.6. The molecule has 0 unspecified atom stereocenters. The molecule has 0 fully saturated rings. The van der Waals surface area contributed by atoms with E-state index in [1.807, 2.05) is 0 Å². The van der Waals surface area contributed by atoms with Gasteiger partial charge >= 0.3 is 17.9 Å². The summed E-state index contributed by atoms with van der Waals surface area (Å²) in [5.74, 6) is -0.582. The molecule has 0 spiro atoms. The molecule has 0 aliphatic heterocycles. The molecule has 1 aromatic rings. The van der Waals surface area contributed by atoms with Gasteiger partial charge in [0, 0.05) is 6.07 Å². The Morgan fingerprint density at radius 3 is 1.88 bits per heavy atom. The van der Waals surface area contributed by atoms with Crippen LogP contribution in [0, 0.1) is 10.1 Å². The van der Waals surface area contributed by atoms with Gasteiger partial charge < -0.3 is 9.47 Å². The van der Waals surface area contributed by atoms with E-state index in [9.17, 15) is 19.7 Å². The molecule has 9 nitrogen and oxygen atoms in total. The van der Waals surface area contributed by atoms with Gasteiger partial charge in [-0.3, -0.25) is 10.1 Å². The van der Waals surface area contributed by atoms with Gasteiger partial charge in [-0.25, -0.2) is 14.6 Å². The minimum absolute atomic E-state index is 0.141. The Hall–Kier alpha value is -2.42. The van der Waals surface area contributed by atoms with E-state index in [1.165, 1.54) is 6.07 Å². The van der Waals surface area contributed by atoms with E-state index in [0.717, 1.165) is 6.07 Å². The van der Waals surface area contributed by atoms with E-state index in [2.05, 4.69) is 4.98 Å². The number of halogens is 1. The van der Waals surface area contributed by atoms with E-state index in [0.29, 0.717) is 4.90 Å². The van der Waals surface area contributed by atoms with Crippen LogP contribution >= 0.6 is 11.6 Å². The van der Waals surface area contributed by atoms with Crippen LogP contribution in [0.1, 0.15) is 41.5 Å². The number of ether oxygens (including phenoxy) is 2. The quantitative estimate of drug-likeness (QED) is 0.431. The summed E-state index contributed by atoms with van der Waals surface area (Å²) in [6, 6.07) is 2.21. The average Bonchev–Trinajstić information content (AvgIpc) is 2.33. The van der Waals surface area contributed by atoms with Crippen molar-refractivity contribution in [1.82, 2.24) is 4.98 Å². The number of aromatic nitrogens is 1. The Morgan fingerprint density at radius 1 is 1.08 bits per heavy atom. The highest BCUT2D eigenvalue weighted by Gasteiger charge is 2.38. The van der Waals surface area contributed by atoms with E-state index >= 15 is 0 Å². The van der Waals surface area contributed by atoms with Crippen LogP contribution < -0.4 is 4.90 Å². The number of carbonyl (C=O) groups excluding carboxylic acids is 2. The summed E-state index contributed by atoms with van der Waals surface area (Å²) in [5, 5.41) is 11.1. The number of rotatable bonds is 2. The van der Waals surface area contributed by atoms with Crippen LogP contribution in [0.3, 0.4) is 0 Å². The molecule has 0 atom stereocenters. The van der Waals surface area contributed by atoms with Crippen molar-refractivity contribution in [3.63, 3.8) is 0 Å². The number of nitro groups is 1. The molecule has 1 rings (SSSR count). The zero-order valence-electron chi connectivity index (χ0n) is 14.8. The molecule has 0 saturated heterocycles. The lowest BCUT2D eigenvalue weighted by Gasteiger charge is -2.27. The third-order valence-electron chi connectivity index (χ3n) is 2.38. The fourth-order valence-corrected chi connectivity index (χ4v) is 1.73. The largest absolute Gasteiger partial charge is 0.443 e. The van der Waals surface area contributed by atoms with Crippen LogP contribution in [0.5, 0.6) is 0 Å².